The quantitative estimate of drug-likeness (QED) is 0.344. The van der Waals surface area contributed by atoms with Gasteiger partial charge in [0.25, 0.3) is 5.91 Å². The molecule has 2 aliphatic heterocycles. The normalized spacial score (nSPS) is 31.9. The van der Waals surface area contributed by atoms with E-state index in [1.807, 2.05) is 24.3 Å². The monoisotopic (exact) mass is 776 g/mol. The van der Waals surface area contributed by atoms with Crippen LogP contribution in [0.5, 0.6) is 5.88 Å². The molecule has 3 heterocycles. The molecule has 5 fully saturated rings. The third-order valence-electron chi connectivity index (χ3n) is 12.7. The van der Waals surface area contributed by atoms with Gasteiger partial charge in [-0.15, -0.1) is 6.58 Å². The van der Waals surface area contributed by atoms with Crippen molar-refractivity contribution in [2.24, 2.45) is 17.8 Å². The number of sulfonamides is 1. The van der Waals surface area contributed by atoms with Crippen molar-refractivity contribution in [3.05, 3.63) is 42.6 Å². The van der Waals surface area contributed by atoms with Gasteiger partial charge in [-0.2, -0.15) is 0 Å². The third-order valence-corrected chi connectivity index (χ3v) is 14.5. The van der Waals surface area contributed by atoms with E-state index in [4.69, 9.17) is 19.4 Å². The Labute approximate surface area is 322 Å². The molecule has 4 aliphatic carbocycles. The number of para-hydroxylation sites is 2. The van der Waals surface area contributed by atoms with Gasteiger partial charge in [-0.25, -0.2) is 23.2 Å². The zero-order chi connectivity index (χ0) is 38.3. The SMILES string of the molecule is C=CC1C[C@]1(NC(=O)[C@@H]1C[C@@H]2CN1C(=O)[C@H](C1CCCC1)NC(=O)O[C@H]1CCC[C@@H]1CCCCCc1nc3ccccc3nc1O2)C(=O)NS(=O)(=O)C1CC1. The number of benzene rings is 1. The Morgan fingerprint density at radius 3 is 2.35 bits per heavy atom. The summed E-state index contributed by atoms with van der Waals surface area (Å²) in [5, 5.41) is 5.18. The Balaban J connectivity index is 1.12. The van der Waals surface area contributed by atoms with Crippen LogP contribution in [-0.2, 0) is 35.6 Å². The largest absolute Gasteiger partial charge is 0.471 e. The van der Waals surface area contributed by atoms with Crippen molar-refractivity contribution < 1.29 is 37.1 Å². The van der Waals surface area contributed by atoms with Gasteiger partial charge in [-0.05, 0) is 94.6 Å². The van der Waals surface area contributed by atoms with Crippen molar-refractivity contribution in [1.82, 2.24) is 30.2 Å². The van der Waals surface area contributed by atoms with E-state index in [-0.39, 0.29) is 37.3 Å². The molecule has 14 nitrogen and oxygen atoms in total. The Morgan fingerprint density at radius 1 is 0.909 bits per heavy atom. The van der Waals surface area contributed by atoms with Crippen LogP contribution in [0.2, 0.25) is 0 Å². The van der Waals surface area contributed by atoms with E-state index in [0.29, 0.717) is 36.4 Å². The summed E-state index contributed by atoms with van der Waals surface area (Å²) < 4.78 is 40.4. The van der Waals surface area contributed by atoms with Crippen molar-refractivity contribution in [3.63, 3.8) is 0 Å². The van der Waals surface area contributed by atoms with Crippen molar-refractivity contribution in [2.75, 3.05) is 6.54 Å². The first kappa shape index (κ1) is 37.6. The van der Waals surface area contributed by atoms with E-state index in [1.165, 1.54) is 11.0 Å². The number of fused-ring (bicyclic) bond motifs is 5. The molecule has 4 saturated carbocycles. The van der Waals surface area contributed by atoms with E-state index < -0.39 is 68.7 Å². The molecule has 4 amide bonds. The van der Waals surface area contributed by atoms with Crippen LogP contribution in [0.15, 0.2) is 36.9 Å². The third kappa shape index (κ3) is 7.90. The second-order valence-electron chi connectivity index (χ2n) is 16.5. The summed E-state index contributed by atoms with van der Waals surface area (Å²) in [5.74, 6) is -1.88. The number of aryl methyl sites for hydroxylation is 1. The van der Waals surface area contributed by atoms with Crippen LogP contribution < -0.4 is 20.1 Å². The Morgan fingerprint density at radius 2 is 1.62 bits per heavy atom. The van der Waals surface area contributed by atoms with Gasteiger partial charge in [0, 0.05) is 12.3 Å². The zero-order valence-corrected chi connectivity index (χ0v) is 32.1. The molecule has 2 bridgehead atoms. The van der Waals surface area contributed by atoms with Crippen LogP contribution >= 0.6 is 0 Å². The molecule has 6 aliphatic rings. The molecule has 15 heteroatoms. The van der Waals surface area contributed by atoms with E-state index in [0.717, 1.165) is 76.1 Å². The van der Waals surface area contributed by atoms with Gasteiger partial charge in [0.05, 0.1) is 22.8 Å². The summed E-state index contributed by atoms with van der Waals surface area (Å²) in [5.41, 5.74) is 0.603. The topological polar surface area (TPSA) is 186 Å². The van der Waals surface area contributed by atoms with Gasteiger partial charge in [0.2, 0.25) is 27.7 Å². The Bertz CT molecular complexity index is 1950. The first-order valence-electron chi connectivity index (χ1n) is 20.2. The number of hydrogen-bond acceptors (Lipinski definition) is 10. The molecule has 8 rings (SSSR count). The molecule has 2 aromatic rings. The smallest absolute Gasteiger partial charge is 0.408 e. The molecule has 1 saturated heterocycles. The van der Waals surface area contributed by atoms with Crippen LogP contribution in [0.25, 0.3) is 11.0 Å². The average Bonchev–Trinajstić information content (AvgIpc) is 3.95. The molecule has 7 atom stereocenters. The van der Waals surface area contributed by atoms with Crippen LogP contribution in [0.3, 0.4) is 0 Å². The van der Waals surface area contributed by atoms with Gasteiger partial charge < -0.3 is 25.0 Å². The maximum Gasteiger partial charge on any atom is 0.408 e. The van der Waals surface area contributed by atoms with Gasteiger partial charge in [-0.3, -0.25) is 19.1 Å². The second kappa shape index (κ2) is 15.3. The first-order valence-corrected chi connectivity index (χ1v) is 21.8. The number of carbonyl (C=O) groups is 4. The highest BCUT2D eigenvalue weighted by Gasteiger charge is 2.62. The Hall–Kier alpha value is -4.27. The lowest BCUT2D eigenvalue weighted by atomic mass is 9.96. The fourth-order valence-corrected chi connectivity index (χ4v) is 10.7. The summed E-state index contributed by atoms with van der Waals surface area (Å²) >= 11 is 0. The lowest BCUT2D eigenvalue weighted by molar-refractivity contribution is -0.142. The molecule has 55 heavy (non-hydrogen) atoms. The molecule has 296 valence electrons. The number of carbonyl (C=O) groups excluding carboxylic acids is 4. The van der Waals surface area contributed by atoms with E-state index in [9.17, 15) is 27.6 Å². The Kier molecular flexibility index (Phi) is 10.5. The first-order chi connectivity index (χ1) is 26.5. The standard InChI is InChI=1S/C40H52N6O8S/c1-2-26-22-40(26,38(49)45-55(51,52)28-19-20-28)44-35(47)32-21-27-23-46(32)37(48)34(25-12-6-7-13-25)43-39(50)54-33-18-10-14-24(33)11-4-3-5-17-31-36(53-27)42-30-16-9-8-15-29(30)41-31/h2,8-9,15-16,24-28,32-34H,1,3-7,10-14,17-23H2,(H,43,50)(H,44,47)(H,45,49)/t24-,26?,27+,32-,33-,34-,40+/m0/s1. The van der Waals surface area contributed by atoms with Crippen LogP contribution in [0.1, 0.15) is 102 Å². The lowest BCUT2D eigenvalue weighted by Gasteiger charge is -2.32. The average molecular weight is 777 g/mol. The molecule has 0 radical (unpaired) electrons. The molecule has 3 N–H and O–H groups in total. The molecule has 1 unspecified atom stereocenters. The fraction of sp³-hybridized carbons (Fsp3) is 0.650. The number of nitrogens with zero attached hydrogens (tertiary/aromatic N) is 3. The van der Waals surface area contributed by atoms with Crippen molar-refractivity contribution >= 4 is 44.9 Å². The predicted molar refractivity (Wildman–Crippen MR) is 202 cm³/mol. The fourth-order valence-electron chi connectivity index (χ4n) is 9.34. The molecule has 0 spiro atoms. The summed E-state index contributed by atoms with van der Waals surface area (Å²) in [6.07, 6.45) is 11.7. The van der Waals surface area contributed by atoms with Crippen molar-refractivity contribution in [2.45, 2.75) is 138 Å². The molecular weight excluding hydrogens is 725 g/mol. The van der Waals surface area contributed by atoms with E-state index >= 15 is 0 Å². The van der Waals surface area contributed by atoms with Gasteiger partial charge in [-0.1, -0.05) is 43.9 Å². The highest BCUT2D eigenvalue weighted by atomic mass is 32.2. The second-order valence-corrected chi connectivity index (χ2v) is 18.5. The highest BCUT2D eigenvalue weighted by molar-refractivity contribution is 7.91. The zero-order valence-electron chi connectivity index (χ0n) is 31.2. The number of aromatic nitrogens is 2. The summed E-state index contributed by atoms with van der Waals surface area (Å²) in [6, 6.07) is 5.56. The summed E-state index contributed by atoms with van der Waals surface area (Å²) in [6.45, 7) is 3.84. The molecule has 1 aromatic heterocycles. The lowest BCUT2D eigenvalue weighted by Crippen LogP contribution is -2.59. The van der Waals surface area contributed by atoms with Crippen LogP contribution in [-0.4, -0.2) is 88.7 Å². The number of rotatable bonds is 7. The van der Waals surface area contributed by atoms with Crippen LogP contribution in [0.4, 0.5) is 4.79 Å². The number of nitrogens with one attached hydrogen (secondary N) is 3. The molecular formula is C40H52N6O8S. The minimum atomic E-state index is -3.89. The number of hydrogen-bond donors (Lipinski definition) is 3. The highest BCUT2D eigenvalue weighted by Crippen LogP contribution is 2.46. The molecule has 1 aromatic carbocycles. The minimum absolute atomic E-state index is 0.0235. The maximum atomic E-state index is 14.8. The predicted octanol–water partition coefficient (Wildman–Crippen LogP) is 4.22. The maximum absolute atomic E-state index is 14.8. The van der Waals surface area contributed by atoms with Gasteiger partial charge in [0.1, 0.15) is 35.5 Å². The van der Waals surface area contributed by atoms with E-state index in [1.54, 1.807) is 0 Å². The van der Waals surface area contributed by atoms with Crippen LogP contribution in [0, 0.1) is 17.8 Å². The number of ether oxygens (including phenoxy) is 2. The summed E-state index contributed by atoms with van der Waals surface area (Å²) in [7, 11) is -3.89. The summed E-state index contributed by atoms with van der Waals surface area (Å²) in [4.78, 5) is 67.7. The van der Waals surface area contributed by atoms with Crippen molar-refractivity contribution in [3.8, 4) is 5.88 Å². The van der Waals surface area contributed by atoms with E-state index in [2.05, 4.69) is 21.9 Å². The number of alkyl carbamates (subject to hydrolysis) is 1. The number of amides is 4. The van der Waals surface area contributed by atoms with Gasteiger partial charge >= 0.3 is 6.09 Å². The minimum Gasteiger partial charge on any atom is -0.471 e. The van der Waals surface area contributed by atoms with Gasteiger partial charge in [0.15, 0.2) is 0 Å². The van der Waals surface area contributed by atoms with Crippen molar-refractivity contribution in [1.29, 1.82) is 0 Å².